The Morgan fingerprint density at radius 3 is 2.48 bits per heavy atom. The maximum Gasteiger partial charge on any atom is 0.171 e. The van der Waals surface area contributed by atoms with Crippen molar-refractivity contribution in [2.45, 2.75) is 0 Å². The predicted octanol–water partition coefficient (Wildman–Crippen LogP) is 6.44. The second kappa shape index (κ2) is 6.77. The van der Waals surface area contributed by atoms with E-state index >= 15 is 0 Å². The van der Waals surface area contributed by atoms with E-state index in [-0.39, 0.29) is 0 Å². The van der Waals surface area contributed by atoms with Crippen molar-refractivity contribution in [3.05, 3.63) is 64.4 Å². The molecular formula is C19H12ClN5S2. The van der Waals surface area contributed by atoms with Crippen LogP contribution in [0.1, 0.15) is 0 Å². The minimum Gasteiger partial charge on any atom is -0.338 e. The summed E-state index contributed by atoms with van der Waals surface area (Å²) < 4.78 is 2.18. The summed E-state index contributed by atoms with van der Waals surface area (Å²) in [5, 5.41) is 19.2. The summed E-state index contributed by atoms with van der Waals surface area (Å²) in [6.45, 7) is 0. The van der Waals surface area contributed by atoms with Gasteiger partial charge in [-0.2, -0.15) is 0 Å². The van der Waals surface area contributed by atoms with Crippen molar-refractivity contribution in [1.82, 2.24) is 15.2 Å². The third-order valence-corrected chi connectivity index (χ3v) is 6.05. The Kier molecular flexibility index (Phi) is 4.12. The van der Waals surface area contributed by atoms with E-state index in [1.807, 2.05) is 53.4 Å². The number of benzene rings is 2. The number of hydrogen-bond acceptors (Lipinski definition) is 7. The topological polar surface area (TPSA) is 62.7 Å². The summed E-state index contributed by atoms with van der Waals surface area (Å²) in [6.07, 6.45) is 0. The number of halogens is 1. The second-order valence-corrected chi connectivity index (χ2v) is 8.09. The number of thiophene rings is 1. The van der Waals surface area contributed by atoms with Gasteiger partial charge in [0, 0.05) is 21.8 Å². The molecule has 5 nitrogen and oxygen atoms in total. The van der Waals surface area contributed by atoms with E-state index in [1.165, 1.54) is 0 Å². The van der Waals surface area contributed by atoms with Crippen LogP contribution in [-0.4, -0.2) is 15.2 Å². The van der Waals surface area contributed by atoms with Crippen LogP contribution >= 0.6 is 34.3 Å². The van der Waals surface area contributed by atoms with Gasteiger partial charge in [-0.05, 0) is 53.9 Å². The normalized spacial score (nSPS) is 11.1. The first-order valence-corrected chi connectivity index (χ1v) is 10.3. The van der Waals surface area contributed by atoms with Gasteiger partial charge in [-0.25, -0.2) is 4.98 Å². The van der Waals surface area contributed by atoms with Crippen LogP contribution in [0.25, 0.3) is 20.3 Å². The zero-order valence-corrected chi connectivity index (χ0v) is 16.2. The number of nitrogens with one attached hydrogen (secondary N) is 2. The molecule has 0 amide bonds. The lowest BCUT2D eigenvalue weighted by molar-refractivity contribution is 1.06. The lowest BCUT2D eigenvalue weighted by Gasteiger charge is -2.10. The molecule has 0 unspecified atom stereocenters. The number of anilines is 4. The molecule has 3 aromatic heterocycles. The van der Waals surface area contributed by atoms with Crippen LogP contribution in [0.5, 0.6) is 0 Å². The van der Waals surface area contributed by atoms with Gasteiger partial charge in [0.1, 0.15) is 0 Å². The van der Waals surface area contributed by atoms with E-state index in [4.69, 9.17) is 11.6 Å². The molecule has 5 rings (SSSR count). The predicted molar refractivity (Wildman–Crippen MR) is 115 cm³/mol. The zero-order chi connectivity index (χ0) is 18.2. The fourth-order valence-electron chi connectivity index (χ4n) is 2.79. The number of aromatic nitrogens is 3. The molecule has 2 aromatic carbocycles. The van der Waals surface area contributed by atoms with Crippen LogP contribution in [0.3, 0.4) is 0 Å². The summed E-state index contributed by atoms with van der Waals surface area (Å²) in [4.78, 5) is 4.31. The van der Waals surface area contributed by atoms with Gasteiger partial charge < -0.3 is 10.6 Å². The molecule has 0 saturated heterocycles. The number of rotatable bonds is 4. The third kappa shape index (κ3) is 3.21. The zero-order valence-electron chi connectivity index (χ0n) is 13.8. The van der Waals surface area contributed by atoms with Crippen molar-refractivity contribution in [3.8, 4) is 0 Å². The SMILES string of the molecule is Clc1ccc(Nc2nnc(Nc3ccc4ncsc4c3)c3sccc23)cc1. The van der Waals surface area contributed by atoms with Crippen molar-refractivity contribution in [1.29, 1.82) is 0 Å². The van der Waals surface area contributed by atoms with Crippen LogP contribution in [0.2, 0.25) is 5.02 Å². The van der Waals surface area contributed by atoms with E-state index in [9.17, 15) is 0 Å². The smallest absolute Gasteiger partial charge is 0.171 e. The molecule has 0 radical (unpaired) electrons. The molecule has 0 fully saturated rings. The van der Waals surface area contributed by atoms with E-state index in [1.54, 1.807) is 22.7 Å². The van der Waals surface area contributed by atoms with Crippen LogP contribution in [-0.2, 0) is 0 Å². The van der Waals surface area contributed by atoms with Gasteiger partial charge in [-0.15, -0.1) is 32.9 Å². The van der Waals surface area contributed by atoms with Crippen LogP contribution in [0.15, 0.2) is 59.4 Å². The molecular weight excluding hydrogens is 398 g/mol. The fourth-order valence-corrected chi connectivity index (χ4v) is 4.47. The molecule has 132 valence electrons. The molecule has 0 saturated carbocycles. The molecule has 0 aliphatic carbocycles. The fraction of sp³-hybridized carbons (Fsp3) is 0. The van der Waals surface area contributed by atoms with Crippen molar-refractivity contribution in [3.63, 3.8) is 0 Å². The Morgan fingerprint density at radius 1 is 0.815 bits per heavy atom. The Bertz CT molecular complexity index is 1250. The summed E-state index contributed by atoms with van der Waals surface area (Å²) in [7, 11) is 0. The highest BCUT2D eigenvalue weighted by Gasteiger charge is 2.12. The average Bonchev–Trinajstić information content (AvgIpc) is 3.34. The number of fused-ring (bicyclic) bond motifs is 2. The summed E-state index contributed by atoms with van der Waals surface area (Å²) in [5.74, 6) is 1.46. The number of hydrogen-bond donors (Lipinski definition) is 2. The highest BCUT2D eigenvalue weighted by atomic mass is 35.5. The molecule has 0 atom stereocenters. The third-order valence-electron chi connectivity index (χ3n) is 4.09. The highest BCUT2D eigenvalue weighted by molar-refractivity contribution is 7.18. The van der Waals surface area contributed by atoms with Crippen molar-refractivity contribution in [2.75, 3.05) is 10.6 Å². The Labute approximate surface area is 167 Å². The lowest BCUT2D eigenvalue weighted by Crippen LogP contribution is -2.00. The van der Waals surface area contributed by atoms with E-state index in [2.05, 4.69) is 31.9 Å². The Morgan fingerprint density at radius 2 is 1.59 bits per heavy atom. The van der Waals surface area contributed by atoms with Gasteiger partial charge >= 0.3 is 0 Å². The average molecular weight is 410 g/mol. The van der Waals surface area contributed by atoms with Crippen molar-refractivity contribution >= 4 is 77.6 Å². The summed E-state index contributed by atoms with van der Waals surface area (Å²) in [6, 6.07) is 15.6. The second-order valence-electron chi connectivity index (χ2n) is 5.85. The first kappa shape index (κ1) is 16.4. The molecule has 27 heavy (non-hydrogen) atoms. The molecule has 0 aliphatic heterocycles. The molecule has 0 bridgehead atoms. The largest absolute Gasteiger partial charge is 0.338 e. The van der Waals surface area contributed by atoms with Gasteiger partial charge in [0.15, 0.2) is 11.6 Å². The standard InChI is InChI=1S/C19H12ClN5S2/c20-11-1-3-12(4-2-11)22-18-14-7-8-26-17(14)19(25-24-18)23-13-5-6-15-16(9-13)27-10-21-15/h1-10H,(H,22,24)(H,23,25). The number of nitrogens with zero attached hydrogens (tertiary/aromatic N) is 3. The molecule has 0 spiro atoms. The monoisotopic (exact) mass is 409 g/mol. The molecule has 3 heterocycles. The Hall–Kier alpha value is -2.74. The maximum absolute atomic E-state index is 5.95. The van der Waals surface area contributed by atoms with Gasteiger partial charge in [-0.1, -0.05) is 11.6 Å². The van der Waals surface area contributed by atoms with Gasteiger partial charge in [-0.3, -0.25) is 0 Å². The van der Waals surface area contributed by atoms with Gasteiger partial charge in [0.2, 0.25) is 0 Å². The summed E-state index contributed by atoms with van der Waals surface area (Å²) >= 11 is 9.20. The van der Waals surface area contributed by atoms with Crippen LogP contribution in [0, 0.1) is 0 Å². The Balaban J connectivity index is 1.49. The van der Waals surface area contributed by atoms with Gasteiger partial charge in [0.05, 0.1) is 20.4 Å². The van der Waals surface area contributed by atoms with E-state index in [0.717, 1.165) is 43.3 Å². The lowest BCUT2D eigenvalue weighted by atomic mass is 10.2. The van der Waals surface area contributed by atoms with E-state index < -0.39 is 0 Å². The first-order chi connectivity index (χ1) is 13.3. The maximum atomic E-state index is 5.95. The van der Waals surface area contributed by atoms with Crippen LogP contribution < -0.4 is 10.6 Å². The number of thiazole rings is 1. The molecule has 2 N–H and O–H groups in total. The van der Waals surface area contributed by atoms with E-state index in [0.29, 0.717) is 5.02 Å². The summed E-state index contributed by atoms with van der Waals surface area (Å²) in [5.41, 5.74) is 4.73. The molecule has 0 aliphatic rings. The minimum atomic E-state index is 0.699. The van der Waals surface area contributed by atoms with Crippen LogP contribution in [0.4, 0.5) is 23.0 Å². The van der Waals surface area contributed by atoms with Gasteiger partial charge in [0.25, 0.3) is 0 Å². The van der Waals surface area contributed by atoms with Crippen molar-refractivity contribution < 1.29 is 0 Å². The highest BCUT2D eigenvalue weighted by Crippen LogP contribution is 2.34. The quantitative estimate of drug-likeness (QED) is 0.357. The molecule has 5 aromatic rings. The molecule has 8 heteroatoms. The van der Waals surface area contributed by atoms with Crippen molar-refractivity contribution in [2.24, 2.45) is 0 Å². The first-order valence-electron chi connectivity index (χ1n) is 8.13. The minimum absolute atomic E-state index is 0.699.